The fourth-order valence-electron chi connectivity index (χ4n) is 2.58. The number of fused-ring (bicyclic) bond motifs is 1. The smallest absolute Gasteiger partial charge is 0.319 e. The summed E-state index contributed by atoms with van der Waals surface area (Å²) in [4.78, 5) is 13.1. The van der Waals surface area contributed by atoms with Gasteiger partial charge in [0.1, 0.15) is 10.4 Å². The Morgan fingerprint density at radius 1 is 1.38 bits per heavy atom. The molecule has 0 aromatic carbocycles. The summed E-state index contributed by atoms with van der Waals surface area (Å²) in [5.41, 5.74) is -0.696. The summed E-state index contributed by atoms with van der Waals surface area (Å²) in [7, 11) is 0. The van der Waals surface area contributed by atoms with E-state index in [1.54, 1.807) is 4.52 Å². The fraction of sp³-hybridized carbons (Fsp3) is 0.714. The van der Waals surface area contributed by atoms with Crippen molar-refractivity contribution < 1.29 is 9.53 Å². The van der Waals surface area contributed by atoms with Crippen LogP contribution in [0.2, 0.25) is 0 Å². The molecule has 6 nitrogen and oxygen atoms in total. The first kappa shape index (κ1) is 14.4. The summed E-state index contributed by atoms with van der Waals surface area (Å²) in [6.45, 7) is 8.46. The lowest BCUT2D eigenvalue weighted by Crippen LogP contribution is -2.43. The number of carbonyl (C=O) groups excluding carboxylic acids is 1. The Hall–Kier alpha value is -1.50. The van der Waals surface area contributed by atoms with E-state index in [1.807, 2.05) is 6.92 Å². The zero-order valence-electron chi connectivity index (χ0n) is 12.8. The van der Waals surface area contributed by atoms with E-state index < -0.39 is 5.41 Å². The molecular formula is C14H20N4O2S. The van der Waals surface area contributed by atoms with E-state index in [0.717, 1.165) is 35.1 Å². The molecule has 0 bridgehead atoms. The van der Waals surface area contributed by atoms with Crippen LogP contribution in [0.3, 0.4) is 0 Å². The molecule has 1 fully saturated rings. The van der Waals surface area contributed by atoms with Crippen molar-refractivity contribution in [2.75, 3.05) is 6.61 Å². The lowest BCUT2D eigenvalue weighted by Gasteiger charge is -2.36. The second-order valence-electron chi connectivity index (χ2n) is 6.53. The fourth-order valence-corrected chi connectivity index (χ4v) is 3.66. The van der Waals surface area contributed by atoms with Crippen molar-refractivity contribution in [1.82, 2.24) is 19.8 Å². The summed E-state index contributed by atoms with van der Waals surface area (Å²) in [6.07, 6.45) is 2.65. The van der Waals surface area contributed by atoms with Gasteiger partial charge in [0, 0.05) is 5.41 Å². The number of rotatable bonds is 3. The van der Waals surface area contributed by atoms with Gasteiger partial charge in [-0.2, -0.15) is 9.61 Å². The predicted octanol–water partition coefficient (Wildman–Crippen LogP) is 2.47. The Balaban J connectivity index is 2.05. The van der Waals surface area contributed by atoms with Crippen LogP contribution in [-0.4, -0.2) is 32.4 Å². The first-order chi connectivity index (χ1) is 9.88. The third kappa shape index (κ3) is 2.14. The highest BCUT2D eigenvalue weighted by molar-refractivity contribution is 7.17. The lowest BCUT2D eigenvalue weighted by atomic mass is 9.69. The highest BCUT2D eigenvalue weighted by Gasteiger charge is 2.50. The van der Waals surface area contributed by atoms with Crippen LogP contribution in [0.25, 0.3) is 4.96 Å². The number of ether oxygens (including phenoxy) is 1. The molecule has 7 heteroatoms. The molecule has 1 aliphatic rings. The molecule has 0 unspecified atom stereocenters. The molecule has 2 aromatic rings. The van der Waals surface area contributed by atoms with Crippen molar-refractivity contribution in [2.24, 2.45) is 0 Å². The van der Waals surface area contributed by atoms with Crippen molar-refractivity contribution in [3.05, 3.63) is 10.8 Å². The Morgan fingerprint density at radius 3 is 2.62 bits per heavy atom. The molecule has 0 saturated heterocycles. The molecule has 1 saturated carbocycles. The molecule has 0 radical (unpaired) electrons. The number of nitrogens with zero attached hydrogens (tertiary/aromatic N) is 4. The topological polar surface area (TPSA) is 69.4 Å². The van der Waals surface area contributed by atoms with Gasteiger partial charge < -0.3 is 4.74 Å². The van der Waals surface area contributed by atoms with Gasteiger partial charge in [-0.3, -0.25) is 4.79 Å². The predicted molar refractivity (Wildman–Crippen MR) is 79.5 cm³/mol. The van der Waals surface area contributed by atoms with E-state index in [-0.39, 0.29) is 11.4 Å². The van der Waals surface area contributed by atoms with Gasteiger partial charge in [0.2, 0.25) is 4.96 Å². The molecule has 2 heterocycles. The largest absolute Gasteiger partial charge is 0.465 e. The van der Waals surface area contributed by atoms with Crippen LogP contribution < -0.4 is 0 Å². The molecule has 0 atom stereocenters. The molecule has 2 aromatic heterocycles. The molecule has 1 aliphatic carbocycles. The molecule has 114 valence electrons. The van der Waals surface area contributed by atoms with E-state index in [0.29, 0.717) is 6.61 Å². The van der Waals surface area contributed by atoms with Gasteiger partial charge in [-0.25, -0.2) is 0 Å². The zero-order chi connectivity index (χ0) is 15.3. The van der Waals surface area contributed by atoms with E-state index in [4.69, 9.17) is 4.74 Å². The zero-order valence-corrected chi connectivity index (χ0v) is 13.7. The van der Waals surface area contributed by atoms with Gasteiger partial charge in [0.15, 0.2) is 5.82 Å². The van der Waals surface area contributed by atoms with E-state index >= 15 is 0 Å². The minimum absolute atomic E-state index is 0.137. The lowest BCUT2D eigenvalue weighted by molar-refractivity contribution is -0.153. The maximum atomic E-state index is 12.3. The Kier molecular flexibility index (Phi) is 3.27. The quantitative estimate of drug-likeness (QED) is 0.815. The van der Waals surface area contributed by atoms with Crippen LogP contribution in [-0.2, 0) is 20.4 Å². The van der Waals surface area contributed by atoms with Gasteiger partial charge in [0.05, 0.1) is 6.61 Å². The van der Waals surface area contributed by atoms with Crippen molar-refractivity contribution in [3.8, 4) is 0 Å². The van der Waals surface area contributed by atoms with Gasteiger partial charge in [-0.1, -0.05) is 38.5 Å². The maximum absolute atomic E-state index is 12.3. The standard InChI is InChI=1S/C14H20N4O2S/c1-5-20-11(19)14(7-6-8-14)10-17-18-9(13(2,3)4)15-16-12(18)21-10/h5-8H2,1-4H3. The highest BCUT2D eigenvalue weighted by atomic mass is 32.1. The monoisotopic (exact) mass is 308 g/mol. The van der Waals surface area contributed by atoms with Crippen LogP contribution >= 0.6 is 11.3 Å². The third-order valence-corrected chi connectivity index (χ3v) is 5.05. The number of carbonyl (C=O) groups is 1. The number of aromatic nitrogens is 4. The SMILES string of the molecule is CCOC(=O)C1(c2nn3c(C(C)(C)C)nnc3s2)CCC1. The van der Waals surface area contributed by atoms with Crippen LogP contribution in [0.1, 0.15) is 57.8 Å². The summed E-state index contributed by atoms with van der Waals surface area (Å²) in [6, 6.07) is 0. The first-order valence-corrected chi connectivity index (χ1v) is 8.10. The van der Waals surface area contributed by atoms with Crippen molar-refractivity contribution in [1.29, 1.82) is 0 Å². The third-order valence-electron chi connectivity index (χ3n) is 3.94. The number of hydrogen-bond donors (Lipinski definition) is 0. The minimum Gasteiger partial charge on any atom is -0.465 e. The molecule has 0 aliphatic heterocycles. The van der Waals surface area contributed by atoms with E-state index in [9.17, 15) is 4.79 Å². The minimum atomic E-state index is -0.559. The number of esters is 1. The maximum Gasteiger partial charge on any atom is 0.319 e. The normalized spacial score (nSPS) is 17.7. The average Bonchev–Trinajstić information content (AvgIpc) is 2.85. The van der Waals surface area contributed by atoms with Gasteiger partial charge in [-0.05, 0) is 19.8 Å². The summed E-state index contributed by atoms with van der Waals surface area (Å²) in [5, 5.41) is 13.9. The Labute approximate surface area is 127 Å². The molecule has 0 amide bonds. The van der Waals surface area contributed by atoms with Gasteiger partial charge in [-0.15, -0.1) is 10.2 Å². The highest BCUT2D eigenvalue weighted by Crippen LogP contribution is 2.46. The molecule has 0 N–H and O–H groups in total. The van der Waals surface area contributed by atoms with Crippen LogP contribution in [0.5, 0.6) is 0 Å². The van der Waals surface area contributed by atoms with E-state index in [2.05, 4.69) is 36.1 Å². The molecular weight excluding hydrogens is 288 g/mol. The molecule has 21 heavy (non-hydrogen) atoms. The van der Waals surface area contributed by atoms with Crippen molar-refractivity contribution in [2.45, 2.75) is 57.8 Å². The average molecular weight is 308 g/mol. The second kappa shape index (κ2) is 4.76. The van der Waals surface area contributed by atoms with Crippen LogP contribution in [0, 0.1) is 0 Å². The number of hydrogen-bond acceptors (Lipinski definition) is 6. The molecule has 3 rings (SSSR count). The van der Waals surface area contributed by atoms with Gasteiger partial charge >= 0.3 is 5.97 Å². The Morgan fingerprint density at radius 2 is 2.10 bits per heavy atom. The summed E-state index contributed by atoms with van der Waals surface area (Å²) >= 11 is 1.45. The van der Waals surface area contributed by atoms with Crippen molar-refractivity contribution in [3.63, 3.8) is 0 Å². The Bertz CT molecular complexity index is 679. The first-order valence-electron chi connectivity index (χ1n) is 7.29. The van der Waals surface area contributed by atoms with Crippen molar-refractivity contribution >= 4 is 22.3 Å². The van der Waals surface area contributed by atoms with Crippen LogP contribution in [0.15, 0.2) is 0 Å². The van der Waals surface area contributed by atoms with Crippen LogP contribution in [0.4, 0.5) is 0 Å². The second-order valence-corrected chi connectivity index (χ2v) is 7.49. The van der Waals surface area contributed by atoms with Gasteiger partial charge in [0.25, 0.3) is 0 Å². The summed E-state index contributed by atoms with van der Waals surface area (Å²) < 4.78 is 7.03. The van der Waals surface area contributed by atoms with E-state index in [1.165, 1.54) is 11.3 Å². The summed E-state index contributed by atoms with van der Waals surface area (Å²) in [5.74, 6) is 0.664. The molecule has 0 spiro atoms.